The Kier molecular flexibility index (Phi) is 3.72. The van der Waals surface area contributed by atoms with E-state index in [0.717, 1.165) is 5.56 Å². The number of aromatic nitrogens is 1. The van der Waals surface area contributed by atoms with Crippen LogP contribution in [0.3, 0.4) is 0 Å². The quantitative estimate of drug-likeness (QED) is 0.574. The number of hydrogen-bond acceptors (Lipinski definition) is 3. The zero-order valence-electron chi connectivity index (χ0n) is 7.37. The van der Waals surface area contributed by atoms with Crippen LogP contribution in [0.15, 0.2) is 24.5 Å². The number of rotatable bonds is 3. The number of hydrogen-bond donors (Lipinski definition) is 3. The van der Waals surface area contributed by atoms with Crippen LogP contribution in [-0.4, -0.2) is 18.1 Å². The molecule has 1 aromatic heterocycles. The van der Waals surface area contributed by atoms with E-state index >= 15 is 0 Å². The smallest absolute Gasteiger partial charge is 0.329 e. The summed E-state index contributed by atoms with van der Waals surface area (Å²) in [5.41, 5.74) is 5.89. The maximum absolute atomic E-state index is 10.9. The van der Waals surface area contributed by atoms with Crippen LogP contribution < -0.4 is 16.2 Å². The van der Waals surface area contributed by atoms with E-state index in [1.165, 1.54) is 0 Å². The summed E-state index contributed by atoms with van der Waals surface area (Å²) in [6.07, 6.45) is 3.40. The van der Waals surface area contributed by atoms with Gasteiger partial charge in [0.1, 0.15) is 0 Å². The molecule has 0 spiro atoms. The highest BCUT2D eigenvalue weighted by Gasteiger charge is 1.96. The van der Waals surface area contributed by atoms with Crippen LogP contribution in [0.5, 0.6) is 0 Å². The Bertz CT molecular complexity index is 262. The lowest BCUT2D eigenvalue weighted by Crippen LogP contribution is -2.41. The Balaban J connectivity index is 2.31. The van der Waals surface area contributed by atoms with Gasteiger partial charge in [0, 0.05) is 26.0 Å². The molecular formula is C8H12N4O. The van der Waals surface area contributed by atoms with Crippen molar-refractivity contribution < 1.29 is 4.79 Å². The topological polar surface area (TPSA) is 66.0 Å². The highest BCUT2D eigenvalue weighted by Crippen LogP contribution is 1.93. The van der Waals surface area contributed by atoms with Gasteiger partial charge in [-0.2, -0.15) is 0 Å². The Morgan fingerprint density at radius 3 is 3.08 bits per heavy atom. The molecule has 0 saturated heterocycles. The number of nitrogens with zero attached hydrogens (tertiary/aromatic N) is 1. The van der Waals surface area contributed by atoms with Crippen LogP contribution in [0.1, 0.15) is 5.56 Å². The summed E-state index contributed by atoms with van der Waals surface area (Å²) < 4.78 is 0. The first-order chi connectivity index (χ1) is 6.33. The van der Waals surface area contributed by atoms with Crippen LogP contribution in [-0.2, 0) is 6.54 Å². The van der Waals surface area contributed by atoms with Gasteiger partial charge in [-0.05, 0) is 11.6 Å². The van der Waals surface area contributed by atoms with Crippen LogP contribution in [0.25, 0.3) is 0 Å². The van der Waals surface area contributed by atoms with Gasteiger partial charge in [0.05, 0.1) is 0 Å². The fourth-order valence-electron chi connectivity index (χ4n) is 0.843. The van der Waals surface area contributed by atoms with E-state index in [1.54, 1.807) is 19.4 Å². The van der Waals surface area contributed by atoms with Gasteiger partial charge >= 0.3 is 6.03 Å². The molecule has 0 aliphatic heterocycles. The average molecular weight is 180 g/mol. The minimum atomic E-state index is -0.258. The van der Waals surface area contributed by atoms with Crippen molar-refractivity contribution in [2.45, 2.75) is 6.54 Å². The molecule has 0 aliphatic rings. The van der Waals surface area contributed by atoms with Crippen molar-refractivity contribution in [2.24, 2.45) is 0 Å². The summed E-state index contributed by atoms with van der Waals surface area (Å²) in [4.78, 5) is 14.8. The molecule has 0 saturated carbocycles. The van der Waals surface area contributed by atoms with Gasteiger partial charge in [0.15, 0.2) is 0 Å². The highest BCUT2D eigenvalue weighted by molar-refractivity contribution is 5.73. The van der Waals surface area contributed by atoms with Gasteiger partial charge in [0.2, 0.25) is 0 Å². The van der Waals surface area contributed by atoms with Crippen molar-refractivity contribution in [3.63, 3.8) is 0 Å². The van der Waals surface area contributed by atoms with E-state index in [0.29, 0.717) is 6.54 Å². The van der Waals surface area contributed by atoms with Crippen molar-refractivity contribution >= 4 is 6.03 Å². The van der Waals surface area contributed by atoms with Crippen LogP contribution in [0.2, 0.25) is 0 Å². The van der Waals surface area contributed by atoms with Crippen LogP contribution in [0.4, 0.5) is 4.79 Å². The molecule has 0 atom stereocenters. The van der Waals surface area contributed by atoms with Crippen molar-refractivity contribution in [1.29, 1.82) is 0 Å². The predicted octanol–water partition coefficient (Wildman–Crippen LogP) is 0.0152. The molecule has 3 N–H and O–H groups in total. The SMILES string of the molecule is CNNC(=O)NCc1cccnc1. The fraction of sp³-hybridized carbons (Fsp3) is 0.250. The molecule has 13 heavy (non-hydrogen) atoms. The van der Waals surface area contributed by atoms with Gasteiger partial charge in [-0.1, -0.05) is 6.07 Å². The third kappa shape index (κ3) is 3.53. The standard InChI is InChI=1S/C8H12N4O/c1-9-12-8(13)11-6-7-3-2-4-10-5-7/h2-5,9H,6H2,1H3,(H2,11,12,13). The lowest BCUT2D eigenvalue weighted by molar-refractivity contribution is 0.237. The van der Waals surface area contributed by atoms with E-state index in [2.05, 4.69) is 21.2 Å². The third-order valence-corrected chi connectivity index (χ3v) is 1.41. The predicted molar refractivity (Wildman–Crippen MR) is 48.7 cm³/mol. The minimum absolute atomic E-state index is 0.258. The number of hydrazine groups is 1. The Hall–Kier alpha value is -1.62. The number of carbonyl (C=O) groups excluding carboxylic acids is 1. The first-order valence-electron chi connectivity index (χ1n) is 3.92. The second-order valence-electron chi connectivity index (χ2n) is 2.42. The fourth-order valence-corrected chi connectivity index (χ4v) is 0.843. The molecule has 1 heterocycles. The van der Waals surface area contributed by atoms with Crippen LogP contribution >= 0.6 is 0 Å². The Morgan fingerprint density at radius 2 is 2.46 bits per heavy atom. The summed E-state index contributed by atoms with van der Waals surface area (Å²) >= 11 is 0. The van der Waals surface area contributed by atoms with Gasteiger partial charge in [-0.3, -0.25) is 10.4 Å². The zero-order valence-corrected chi connectivity index (χ0v) is 7.37. The summed E-state index contributed by atoms with van der Waals surface area (Å²) in [6, 6.07) is 3.46. The number of carbonyl (C=O) groups is 1. The van der Waals surface area contributed by atoms with Crippen molar-refractivity contribution in [3.05, 3.63) is 30.1 Å². The lowest BCUT2D eigenvalue weighted by Gasteiger charge is -2.05. The van der Waals surface area contributed by atoms with E-state index in [9.17, 15) is 4.79 Å². The van der Waals surface area contributed by atoms with E-state index in [1.807, 2.05) is 12.1 Å². The largest absolute Gasteiger partial charge is 0.333 e. The van der Waals surface area contributed by atoms with Gasteiger partial charge in [0.25, 0.3) is 0 Å². The Morgan fingerprint density at radius 1 is 1.62 bits per heavy atom. The maximum atomic E-state index is 10.9. The molecule has 0 fully saturated rings. The molecule has 0 aliphatic carbocycles. The van der Waals surface area contributed by atoms with E-state index < -0.39 is 0 Å². The number of amides is 2. The molecule has 0 unspecified atom stereocenters. The van der Waals surface area contributed by atoms with Crippen LogP contribution in [0, 0.1) is 0 Å². The molecule has 70 valence electrons. The average Bonchev–Trinajstić information content (AvgIpc) is 2.17. The normalized spacial score (nSPS) is 9.31. The molecule has 0 bridgehead atoms. The second-order valence-corrected chi connectivity index (χ2v) is 2.42. The van der Waals surface area contributed by atoms with Gasteiger partial charge in [-0.15, -0.1) is 0 Å². The van der Waals surface area contributed by atoms with Crippen molar-refractivity contribution in [2.75, 3.05) is 7.05 Å². The molecule has 5 nitrogen and oxygen atoms in total. The molecule has 1 rings (SSSR count). The molecular weight excluding hydrogens is 168 g/mol. The molecule has 0 aromatic carbocycles. The zero-order chi connectivity index (χ0) is 9.52. The third-order valence-electron chi connectivity index (χ3n) is 1.41. The summed E-state index contributed by atoms with van der Waals surface area (Å²) in [7, 11) is 1.63. The summed E-state index contributed by atoms with van der Waals surface area (Å²) in [5.74, 6) is 0. The monoisotopic (exact) mass is 180 g/mol. The first kappa shape index (κ1) is 9.47. The second kappa shape index (κ2) is 5.10. The van der Waals surface area contributed by atoms with Gasteiger partial charge < -0.3 is 5.32 Å². The van der Waals surface area contributed by atoms with E-state index in [-0.39, 0.29) is 6.03 Å². The molecule has 1 aromatic rings. The molecule has 2 amide bonds. The lowest BCUT2D eigenvalue weighted by atomic mass is 10.3. The minimum Gasteiger partial charge on any atom is -0.333 e. The summed E-state index contributed by atoms with van der Waals surface area (Å²) in [6.45, 7) is 0.474. The molecule has 5 heteroatoms. The Labute approximate surface area is 76.5 Å². The van der Waals surface area contributed by atoms with E-state index in [4.69, 9.17) is 0 Å². The van der Waals surface area contributed by atoms with Gasteiger partial charge in [-0.25, -0.2) is 10.2 Å². The molecule has 0 radical (unpaired) electrons. The maximum Gasteiger partial charge on any atom is 0.329 e. The number of pyridine rings is 1. The highest BCUT2D eigenvalue weighted by atomic mass is 16.2. The number of urea groups is 1. The van der Waals surface area contributed by atoms with Crippen molar-refractivity contribution in [1.82, 2.24) is 21.2 Å². The number of nitrogens with one attached hydrogen (secondary N) is 3. The van der Waals surface area contributed by atoms with Crippen molar-refractivity contribution in [3.8, 4) is 0 Å². The first-order valence-corrected chi connectivity index (χ1v) is 3.92. The summed E-state index contributed by atoms with van der Waals surface area (Å²) in [5, 5.41) is 2.65.